The van der Waals surface area contributed by atoms with Gasteiger partial charge in [0.05, 0.1) is 11.6 Å². The number of fused-ring (bicyclic) bond motifs is 4. The van der Waals surface area contributed by atoms with Gasteiger partial charge in [0.2, 0.25) is 5.36 Å². The molecule has 33 heavy (non-hydrogen) atoms. The number of aromatic hydroxyl groups is 1. The molecular weight excluding hydrogens is 414 g/mol. The molecule has 2 aromatic rings. The standard InChI is InChI=1S/C28H25NO4/c1-3-29(4-2)18-10-13-23-25(16-18)33-27-20-14-11-19(30)15-17(20)9-12-24(27)26(23)21-7-5-6-8-22(21)28(31)32/h5-8,10-11,13-16H,3-4,9,12H2,1-2H3,(H,31,32)/p+1. The maximum Gasteiger partial charge on any atom is 0.336 e. The van der Waals surface area contributed by atoms with Crippen molar-refractivity contribution in [3.63, 3.8) is 0 Å². The Labute approximate surface area is 192 Å². The Morgan fingerprint density at radius 1 is 0.939 bits per heavy atom. The zero-order chi connectivity index (χ0) is 23.1. The molecule has 5 heteroatoms. The normalized spacial score (nSPS) is 12.3. The molecule has 5 nitrogen and oxygen atoms in total. The van der Waals surface area contributed by atoms with Gasteiger partial charge in [-0.3, -0.25) is 0 Å². The molecule has 0 bridgehead atoms. The average Bonchev–Trinajstić information content (AvgIpc) is 2.83. The number of benzene rings is 3. The van der Waals surface area contributed by atoms with E-state index in [0.29, 0.717) is 17.7 Å². The molecule has 2 N–H and O–H groups in total. The number of phenolic OH excluding ortho intramolecular Hbond substituents is 1. The van der Waals surface area contributed by atoms with Crippen LogP contribution in [-0.4, -0.2) is 29.3 Å². The molecule has 1 aliphatic heterocycles. The van der Waals surface area contributed by atoms with E-state index in [2.05, 4.69) is 24.5 Å². The van der Waals surface area contributed by atoms with Crippen LogP contribution in [-0.2, 0) is 12.8 Å². The Kier molecular flexibility index (Phi) is 5.25. The van der Waals surface area contributed by atoms with Crippen LogP contribution in [0.3, 0.4) is 0 Å². The average molecular weight is 441 g/mol. The summed E-state index contributed by atoms with van der Waals surface area (Å²) in [4.78, 5) is 12.1. The molecule has 3 aliphatic rings. The van der Waals surface area contributed by atoms with Crippen LogP contribution in [0.5, 0.6) is 5.75 Å². The maximum absolute atomic E-state index is 12.1. The van der Waals surface area contributed by atoms with Crippen molar-refractivity contribution in [1.82, 2.24) is 4.58 Å². The Bertz CT molecular complexity index is 1420. The lowest BCUT2D eigenvalue weighted by atomic mass is 9.82. The lowest BCUT2D eigenvalue weighted by Gasteiger charge is -2.25. The van der Waals surface area contributed by atoms with E-state index >= 15 is 0 Å². The number of aryl methyl sites for hydroxylation is 1. The molecule has 0 spiro atoms. The Hall–Kier alpha value is -3.86. The number of hydrogen-bond donors (Lipinski definition) is 2. The molecule has 0 aromatic heterocycles. The molecule has 166 valence electrons. The van der Waals surface area contributed by atoms with E-state index in [1.165, 1.54) is 0 Å². The van der Waals surface area contributed by atoms with Gasteiger partial charge in [0.25, 0.3) is 0 Å². The summed E-state index contributed by atoms with van der Waals surface area (Å²) >= 11 is 0. The summed E-state index contributed by atoms with van der Waals surface area (Å²) < 4.78 is 8.79. The van der Waals surface area contributed by atoms with Gasteiger partial charge in [-0.1, -0.05) is 18.2 Å². The highest BCUT2D eigenvalue weighted by Crippen LogP contribution is 2.46. The molecule has 0 unspecified atom stereocenters. The summed E-state index contributed by atoms with van der Waals surface area (Å²) in [6, 6.07) is 18.7. The van der Waals surface area contributed by atoms with Gasteiger partial charge in [-0.2, -0.15) is 0 Å². The summed E-state index contributed by atoms with van der Waals surface area (Å²) in [5, 5.41) is 21.0. The van der Waals surface area contributed by atoms with Crippen molar-refractivity contribution in [2.45, 2.75) is 26.7 Å². The molecule has 0 atom stereocenters. The number of carboxylic acids is 1. The van der Waals surface area contributed by atoms with Crippen molar-refractivity contribution in [1.29, 1.82) is 0 Å². The monoisotopic (exact) mass is 440 g/mol. The van der Waals surface area contributed by atoms with Gasteiger partial charge in [0.15, 0.2) is 0 Å². The number of carboxylic acid groups (broad SMARTS) is 1. The van der Waals surface area contributed by atoms with Crippen molar-refractivity contribution in [2.24, 2.45) is 0 Å². The molecule has 0 saturated heterocycles. The zero-order valence-electron chi connectivity index (χ0n) is 18.8. The Balaban J connectivity index is 1.92. The Morgan fingerprint density at radius 3 is 2.45 bits per heavy atom. The molecule has 2 aliphatic carbocycles. The van der Waals surface area contributed by atoms with E-state index in [1.807, 2.05) is 30.3 Å². The lowest BCUT2D eigenvalue weighted by Crippen LogP contribution is -2.29. The minimum Gasteiger partial charge on any atom is -0.508 e. The molecular formula is C28H26NO4+. The number of nitrogens with zero attached hydrogens (tertiary/aromatic N) is 1. The third kappa shape index (κ3) is 3.50. The quantitative estimate of drug-likeness (QED) is 0.437. The molecule has 0 radical (unpaired) electrons. The van der Waals surface area contributed by atoms with Crippen LogP contribution >= 0.6 is 0 Å². The first kappa shape index (κ1) is 21.0. The maximum atomic E-state index is 12.1. The second-order valence-electron chi connectivity index (χ2n) is 8.33. The number of hydrogen-bond acceptors (Lipinski definition) is 3. The highest BCUT2D eigenvalue weighted by atomic mass is 16.4. The van der Waals surface area contributed by atoms with Gasteiger partial charge >= 0.3 is 5.97 Å². The van der Waals surface area contributed by atoms with Crippen molar-refractivity contribution in [3.8, 4) is 39.5 Å². The fraction of sp³-hybridized carbons (Fsp3) is 0.214. The predicted molar refractivity (Wildman–Crippen MR) is 129 cm³/mol. The third-order valence-electron chi connectivity index (χ3n) is 6.56. The van der Waals surface area contributed by atoms with Gasteiger partial charge < -0.3 is 14.6 Å². The van der Waals surface area contributed by atoms with E-state index in [4.69, 9.17) is 4.42 Å². The van der Waals surface area contributed by atoms with Crippen LogP contribution < -0.4 is 9.93 Å². The van der Waals surface area contributed by atoms with Crippen LogP contribution in [0, 0.1) is 0 Å². The molecule has 5 rings (SSSR count). The summed E-state index contributed by atoms with van der Waals surface area (Å²) in [5.41, 5.74) is 5.76. The first-order chi connectivity index (χ1) is 16.0. The summed E-state index contributed by atoms with van der Waals surface area (Å²) in [5.74, 6) is 0.748. The lowest BCUT2D eigenvalue weighted by molar-refractivity contribution is 0.0697. The van der Waals surface area contributed by atoms with Gasteiger partial charge in [0, 0.05) is 28.3 Å². The minimum absolute atomic E-state index is 0.234. The predicted octanol–water partition coefficient (Wildman–Crippen LogP) is 5.03. The van der Waals surface area contributed by atoms with Gasteiger partial charge in [-0.15, -0.1) is 0 Å². The molecule has 0 amide bonds. The van der Waals surface area contributed by atoms with E-state index in [0.717, 1.165) is 58.4 Å². The SMILES string of the molecule is CC[N+](CC)=c1ccc2c(-c3ccccc3C(=O)O)c3c(oc-2c1)-c1ccc(O)cc1CC3. The van der Waals surface area contributed by atoms with E-state index in [9.17, 15) is 15.0 Å². The zero-order valence-corrected chi connectivity index (χ0v) is 18.8. The van der Waals surface area contributed by atoms with E-state index in [-0.39, 0.29) is 11.3 Å². The second-order valence-corrected chi connectivity index (χ2v) is 8.33. The summed E-state index contributed by atoms with van der Waals surface area (Å²) in [6.45, 7) is 6.00. The molecule has 2 aromatic carbocycles. The largest absolute Gasteiger partial charge is 0.508 e. The highest BCUT2D eigenvalue weighted by Gasteiger charge is 2.29. The number of rotatable bonds is 4. The van der Waals surface area contributed by atoms with Gasteiger partial charge in [0.1, 0.15) is 30.4 Å². The van der Waals surface area contributed by atoms with Crippen molar-refractivity contribution < 1.29 is 19.4 Å². The molecule has 0 saturated carbocycles. The smallest absolute Gasteiger partial charge is 0.336 e. The highest BCUT2D eigenvalue weighted by molar-refractivity contribution is 6.00. The molecule has 1 heterocycles. The van der Waals surface area contributed by atoms with Crippen molar-refractivity contribution in [2.75, 3.05) is 13.1 Å². The Morgan fingerprint density at radius 2 is 1.70 bits per heavy atom. The fourth-order valence-corrected chi connectivity index (χ4v) is 4.95. The first-order valence-electron chi connectivity index (χ1n) is 11.3. The minimum atomic E-state index is -0.950. The topological polar surface area (TPSA) is 73.7 Å². The second kappa shape index (κ2) is 8.24. The van der Waals surface area contributed by atoms with Crippen LogP contribution in [0.2, 0.25) is 0 Å². The van der Waals surface area contributed by atoms with Crippen molar-refractivity contribution in [3.05, 3.63) is 82.7 Å². The van der Waals surface area contributed by atoms with E-state index < -0.39 is 5.97 Å². The van der Waals surface area contributed by atoms with Gasteiger partial charge in [-0.25, -0.2) is 9.37 Å². The van der Waals surface area contributed by atoms with Crippen LogP contribution in [0.15, 0.2) is 65.1 Å². The first-order valence-corrected chi connectivity index (χ1v) is 11.3. The van der Waals surface area contributed by atoms with E-state index in [1.54, 1.807) is 24.3 Å². The number of phenols is 1. The van der Waals surface area contributed by atoms with Crippen molar-refractivity contribution >= 4 is 5.97 Å². The summed E-state index contributed by atoms with van der Waals surface area (Å²) in [7, 11) is 0. The number of aromatic carboxylic acids is 1. The number of carbonyl (C=O) groups is 1. The van der Waals surface area contributed by atoms with Crippen LogP contribution in [0.1, 0.15) is 35.3 Å². The fourth-order valence-electron chi connectivity index (χ4n) is 4.95. The summed E-state index contributed by atoms with van der Waals surface area (Å²) in [6.07, 6.45) is 1.45. The third-order valence-corrected chi connectivity index (χ3v) is 6.56. The van der Waals surface area contributed by atoms with Crippen LogP contribution in [0.25, 0.3) is 33.8 Å². The van der Waals surface area contributed by atoms with Gasteiger partial charge in [-0.05, 0) is 68.1 Å². The molecule has 0 fully saturated rings. The van der Waals surface area contributed by atoms with Crippen LogP contribution in [0.4, 0.5) is 0 Å².